The summed E-state index contributed by atoms with van der Waals surface area (Å²) in [5, 5.41) is 6.51. The van der Waals surface area contributed by atoms with Gasteiger partial charge in [-0.1, -0.05) is 0 Å². The average Bonchev–Trinajstić information content (AvgIpc) is 3.49. The van der Waals surface area contributed by atoms with E-state index in [1.165, 1.54) is 0 Å². The van der Waals surface area contributed by atoms with Gasteiger partial charge in [-0.3, -0.25) is 0 Å². The number of morpholine rings is 1. The molecule has 2 aliphatic heterocycles. The van der Waals surface area contributed by atoms with Gasteiger partial charge in [-0.05, 0) is 44.0 Å². The van der Waals surface area contributed by atoms with E-state index in [2.05, 4.69) is 22.5 Å². The van der Waals surface area contributed by atoms with E-state index < -0.39 is 0 Å². The summed E-state index contributed by atoms with van der Waals surface area (Å²) in [5.74, 6) is 1.77. The number of hydrogen-bond donors (Lipinski definition) is 1. The molecule has 7 nitrogen and oxygen atoms in total. The third-order valence-electron chi connectivity index (χ3n) is 5.39. The van der Waals surface area contributed by atoms with Crippen LogP contribution < -0.4 is 10.1 Å². The highest BCUT2D eigenvalue weighted by Gasteiger charge is 2.32. The zero-order valence-corrected chi connectivity index (χ0v) is 18.5. The van der Waals surface area contributed by atoms with E-state index in [0.29, 0.717) is 13.2 Å². The minimum atomic E-state index is 0.117. The van der Waals surface area contributed by atoms with E-state index in [1.54, 1.807) is 18.4 Å². The molecule has 8 heteroatoms. The molecule has 2 fully saturated rings. The van der Waals surface area contributed by atoms with Gasteiger partial charge in [0.15, 0.2) is 5.96 Å². The SMILES string of the molecule is CCNC(=NCc1csc(-c2ccc(OC)cc2)n1)N1CCOC(C2CCCO2)C1. The van der Waals surface area contributed by atoms with Gasteiger partial charge in [-0.2, -0.15) is 0 Å². The Morgan fingerprint density at radius 2 is 2.10 bits per heavy atom. The van der Waals surface area contributed by atoms with Crippen LogP contribution in [0, 0.1) is 0 Å². The maximum Gasteiger partial charge on any atom is 0.194 e. The van der Waals surface area contributed by atoms with E-state index in [4.69, 9.17) is 24.2 Å². The van der Waals surface area contributed by atoms with Gasteiger partial charge in [0, 0.05) is 37.2 Å². The Hall–Kier alpha value is -2.16. The Labute approximate surface area is 182 Å². The minimum Gasteiger partial charge on any atom is -0.497 e. The highest BCUT2D eigenvalue weighted by molar-refractivity contribution is 7.13. The van der Waals surface area contributed by atoms with E-state index in [0.717, 1.165) is 67.1 Å². The van der Waals surface area contributed by atoms with Crippen molar-refractivity contribution >= 4 is 17.3 Å². The molecule has 2 unspecified atom stereocenters. The topological polar surface area (TPSA) is 68.2 Å². The Morgan fingerprint density at radius 1 is 1.27 bits per heavy atom. The first-order valence-electron chi connectivity index (χ1n) is 10.6. The van der Waals surface area contributed by atoms with Crippen LogP contribution in [0.15, 0.2) is 34.6 Å². The molecule has 0 aliphatic carbocycles. The van der Waals surface area contributed by atoms with Crippen LogP contribution in [0.4, 0.5) is 0 Å². The lowest BCUT2D eigenvalue weighted by atomic mass is 10.1. The molecule has 2 saturated heterocycles. The fourth-order valence-corrected chi connectivity index (χ4v) is 4.63. The third kappa shape index (κ3) is 5.11. The third-order valence-corrected chi connectivity index (χ3v) is 6.33. The van der Waals surface area contributed by atoms with E-state index in [-0.39, 0.29) is 12.2 Å². The summed E-state index contributed by atoms with van der Waals surface area (Å²) in [6.45, 7) is 6.67. The normalized spacial score (nSPS) is 22.3. The van der Waals surface area contributed by atoms with Gasteiger partial charge < -0.3 is 24.4 Å². The average molecular weight is 431 g/mol. The number of aliphatic imine (C=N–C) groups is 1. The van der Waals surface area contributed by atoms with Crippen molar-refractivity contribution < 1.29 is 14.2 Å². The van der Waals surface area contributed by atoms with Crippen molar-refractivity contribution in [3.63, 3.8) is 0 Å². The second-order valence-electron chi connectivity index (χ2n) is 7.45. The number of aromatic nitrogens is 1. The number of nitrogens with one attached hydrogen (secondary N) is 1. The largest absolute Gasteiger partial charge is 0.497 e. The molecule has 2 aliphatic rings. The van der Waals surface area contributed by atoms with Crippen molar-refractivity contribution in [2.75, 3.05) is 40.0 Å². The quantitative estimate of drug-likeness (QED) is 0.561. The monoisotopic (exact) mass is 430 g/mol. The van der Waals surface area contributed by atoms with Crippen LogP contribution in [0.5, 0.6) is 5.75 Å². The van der Waals surface area contributed by atoms with Gasteiger partial charge in [0.1, 0.15) is 16.9 Å². The van der Waals surface area contributed by atoms with E-state index >= 15 is 0 Å². The number of guanidine groups is 1. The second-order valence-corrected chi connectivity index (χ2v) is 8.31. The molecule has 0 bridgehead atoms. The van der Waals surface area contributed by atoms with Crippen molar-refractivity contribution in [3.05, 3.63) is 35.3 Å². The molecule has 0 saturated carbocycles. The van der Waals surface area contributed by atoms with E-state index in [9.17, 15) is 0 Å². The molecule has 1 aromatic heterocycles. The number of methoxy groups -OCH3 is 1. The Bertz CT molecular complexity index is 833. The van der Waals surface area contributed by atoms with Gasteiger partial charge in [-0.15, -0.1) is 11.3 Å². The van der Waals surface area contributed by atoms with E-state index in [1.807, 2.05) is 24.3 Å². The molecule has 0 amide bonds. The summed E-state index contributed by atoms with van der Waals surface area (Å²) in [4.78, 5) is 11.9. The van der Waals surface area contributed by atoms with Crippen molar-refractivity contribution in [1.82, 2.24) is 15.2 Å². The predicted octanol–water partition coefficient (Wildman–Crippen LogP) is 3.16. The number of ether oxygens (including phenoxy) is 3. The van der Waals surface area contributed by atoms with Crippen molar-refractivity contribution in [3.8, 4) is 16.3 Å². The van der Waals surface area contributed by atoms with Crippen molar-refractivity contribution in [1.29, 1.82) is 0 Å². The van der Waals surface area contributed by atoms with Gasteiger partial charge >= 0.3 is 0 Å². The summed E-state index contributed by atoms with van der Waals surface area (Å²) in [7, 11) is 1.67. The number of hydrogen-bond acceptors (Lipinski definition) is 6. The Kier molecular flexibility index (Phi) is 7.20. The molecule has 1 aromatic carbocycles. The van der Waals surface area contributed by atoms with Crippen molar-refractivity contribution in [2.45, 2.75) is 38.5 Å². The predicted molar refractivity (Wildman–Crippen MR) is 119 cm³/mol. The molecule has 0 spiro atoms. The fourth-order valence-electron chi connectivity index (χ4n) is 3.82. The molecule has 2 atom stereocenters. The summed E-state index contributed by atoms with van der Waals surface area (Å²) < 4.78 is 17.1. The highest BCUT2D eigenvalue weighted by atomic mass is 32.1. The maximum absolute atomic E-state index is 5.98. The molecule has 162 valence electrons. The highest BCUT2D eigenvalue weighted by Crippen LogP contribution is 2.26. The van der Waals surface area contributed by atoms with Gasteiger partial charge in [0.05, 0.1) is 32.1 Å². The van der Waals surface area contributed by atoms with Crippen LogP contribution in [0.2, 0.25) is 0 Å². The fraction of sp³-hybridized carbons (Fsp3) is 0.545. The lowest BCUT2D eigenvalue weighted by Gasteiger charge is -2.37. The smallest absolute Gasteiger partial charge is 0.194 e. The summed E-state index contributed by atoms with van der Waals surface area (Å²) >= 11 is 1.64. The number of benzene rings is 1. The Morgan fingerprint density at radius 3 is 2.83 bits per heavy atom. The number of rotatable bonds is 6. The molecular weight excluding hydrogens is 400 g/mol. The first-order chi connectivity index (χ1) is 14.8. The van der Waals surface area contributed by atoms with Crippen LogP contribution in [0.1, 0.15) is 25.5 Å². The number of thiazole rings is 1. The Balaban J connectivity index is 1.41. The van der Waals surface area contributed by atoms with Gasteiger partial charge in [0.25, 0.3) is 0 Å². The minimum absolute atomic E-state index is 0.117. The molecule has 4 rings (SSSR count). The van der Waals surface area contributed by atoms with Crippen LogP contribution in [-0.4, -0.2) is 68.0 Å². The molecular formula is C22H30N4O3S. The molecule has 1 N–H and O–H groups in total. The van der Waals surface area contributed by atoms with Gasteiger partial charge in [0.2, 0.25) is 0 Å². The van der Waals surface area contributed by atoms with Gasteiger partial charge in [-0.25, -0.2) is 9.98 Å². The van der Waals surface area contributed by atoms with Crippen LogP contribution >= 0.6 is 11.3 Å². The first kappa shape index (κ1) is 21.1. The lowest BCUT2D eigenvalue weighted by molar-refractivity contribution is -0.0817. The molecule has 30 heavy (non-hydrogen) atoms. The lowest BCUT2D eigenvalue weighted by Crippen LogP contribution is -2.53. The molecule has 0 radical (unpaired) electrons. The zero-order chi connectivity index (χ0) is 20.8. The van der Waals surface area contributed by atoms with Crippen LogP contribution in [0.25, 0.3) is 10.6 Å². The van der Waals surface area contributed by atoms with Crippen LogP contribution in [-0.2, 0) is 16.0 Å². The first-order valence-corrected chi connectivity index (χ1v) is 11.5. The second kappa shape index (κ2) is 10.2. The molecule has 3 heterocycles. The van der Waals surface area contributed by atoms with Crippen molar-refractivity contribution in [2.24, 2.45) is 4.99 Å². The zero-order valence-electron chi connectivity index (χ0n) is 17.7. The summed E-state index contributed by atoms with van der Waals surface area (Å²) in [6, 6.07) is 7.99. The summed E-state index contributed by atoms with van der Waals surface area (Å²) in [5.41, 5.74) is 2.07. The number of nitrogens with zero attached hydrogens (tertiary/aromatic N) is 3. The standard InChI is InChI=1S/C22H30N4O3S/c1-3-23-22(26-10-12-29-20(14-26)19-5-4-11-28-19)24-13-17-15-30-21(25-17)16-6-8-18(27-2)9-7-16/h6-9,15,19-20H,3-5,10-14H2,1-2H3,(H,23,24). The maximum atomic E-state index is 5.98. The van der Waals surface area contributed by atoms with Crippen LogP contribution in [0.3, 0.4) is 0 Å². The summed E-state index contributed by atoms with van der Waals surface area (Å²) in [6.07, 6.45) is 2.53. The molecule has 2 aromatic rings.